The fourth-order valence-corrected chi connectivity index (χ4v) is 0.371. The van der Waals surface area contributed by atoms with Crippen molar-refractivity contribution in [1.82, 2.24) is 0 Å². The summed E-state index contributed by atoms with van der Waals surface area (Å²) in [6.45, 7) is 0. The number of rotatable bonds is 0. The number of nitrogens with zero attached hydrogens (tertiary/aromatic N) is 2. The summed E-state index contributed by atoms with van der Waals surface area (Å²) in [7, 11) is 0. The molecule has 1 aliphatic heterocycles. The average molecular weight is 111 g/mol. The second-order valence-electron chi connectivity index (χ2n) is 1.41. The molecule has 4 nitrogen and oxygen atoms in total. The minimum atomic E-state index is -0.625. The maximum Gasteiger partial charge on any atom is 0.269 e. The van der Waals surface area contributed by atoms with Crippen LogP contribution in [0.3, 0.4) is 0 Å². The first-order valence-corrected chi connectivity index (χ1v) is 2.16. The second kappa shape index (κ2) is 1.83. The van der Waals surface area contributed by atoms with Crippen LogP contribution >= 0.6 is 0 Å². The van der Waals surface area contributed by atoms with Crippen molar-refractivity contribution >= 4 is 18.5 Å². The van der Waals surface area contributed by atoms with Gasteiger partial charge in [-0.15, -0.1) is 0 Å². The van der Waals surface area contributed by atoms with Crippen LogP contribution in [0.5, 0.6) is 0 Å². The van der Waals surface area contributed by atoms with Crippen LogP contribution in [-0.2, 0) is 4.79 Å². The van der Waals surface area contributed by atoms with Gasteiger partial charge in [0.1, 0.15) is 12.4 Å². The summed E-state index contributed by atoms with van der Waals surface area (Å²) in [5.41, 5.74) is 5.17. The Balaban J connectivity index is 2.74. The van der Waals surface area contributed by atoms with Crippen molar-refractivity contribution in [2.24, 2.45) is 15.7 Å². The van der Waals surface area contributed by atoms with Gasteiger partial charge in [0.2, 0.25) is 0 Å². The Morgan fingerprint density at radius 3 is 2.88 bits per heavy atom. The molecule has 0 saturated carbocycles. The van der Waals surface area contributed by atoms with Crippen molar-refractivity contribution in [3.8, 4) is 0 Å². The SMILES string of the molecule is NC1C=NC=NC1=O. The first-order valence-electron chi connectivity index (χ1n) is 2.16. The zero-order chi connectivity index (χ0) is 5.98. The summed E-state index contributed by atoms with van der Waals surface area (Å²) in [5.74, 6) is -0.333. The summed E-state index contributed by atoms with van der Waals surface area (Å²) < 4.78 is 0. The molecule has 1 heterocycles. The molecule has 8 heavy (non-hydrogen) atoms. The Hall–Kier alpha value is -1.03. The first-order chi connectivity index (χ1) is 3.80. The molecule has 42 valence electrons. The van der Waals surface area contributed by atoms with Gasteiger partial charge in [-0.05, 0) is 0 Å². The lowest BCUT2D eigenvalue weighted by Gasteiger charge is -1.99. The summed E-state index contributed by atoms with van der Waals surface area (Å²) in [6.07, 6.45) is 2.54. The molecule has 0 radical (unpaired) electrons. The largest absolute Gasteiger partial charge is 0.315 e. The predicted molar refractivity (Wildman–Crippen MR) is 30.0 cm³/mol. The number of amides is 1. The Kier molecular flexibility index (Phi) is 1.17. The average Bonchev–Trinajstić information content (AvgIpc) is 1.77. The standard InChI is InChI=1S/C4H5N3O/c5-3-1-6-2-7-4(3)8/h1-3H,5H2. The van der Waals surface area contributed by atoms with Crippen LogP contribution in [0.25, 0.3) is 0 Å². The van der Waals surface area contributed by atoms with E-state index in [4.69, 9.17) is 5.73 Å². The molecule has 1 atom stereocenters. The van der Waals surface area contributed by atoms with Crippen LogP contribution in [0.4, 0.5) is 0 Å². The van der Waals surface area contributed by atoms with Gasteiger partial charge in [-0.25, -0.2) is 4.99 Å². The number of hydrogen-bond donors (Lipinski definition) is 1. The zero-order valence-corrected chi connectivity index (χ0v) is 4.11. The zero-order valence-electron chi connectivity index (χ0n) is 4.11. The van der Waals surface area contributed by atoms with E-state index in [0.29, 0.717) is 0 Å². The summed E-state index contributed by atoms with van der Waals surface area (Å²) >= 11 is 0. The quantitative estimate of drug-likeness (QED) is 0.433. The van der Waals surface area contributed by atoms with E-state index >= 15 is 0 Å². The summed E-state index contributed by atoms with van der Waals surface area (Å²) in [6, 6.07) is -0.625. The molecule has 0 spiro atoms. The maximum atomic E-state index is 10.4. The Labute approximate surface area is 46.1 Å². The fraction of sp³-hybridized carbons (Fsp3) is 0.250. The minimum absolute atomic E-state index is 0.333. The molecule has 0 saturated heterocycles. The van der Waals surface area contributed by atoms with Gasteiger partial charge in [-0.1, -0.05) is 0 Å². The van der Waals surface area contributed by atoms with Crippen molar-refractivity contribution in [2.75, 3.05) is 0 Å². The third-order valence-corrected chi connectivity index (χ3v) is 0.783. The number of carbonyl (C=O) groups is 1. The van der Waals surface area contributed by atoms with Crippen LogP contribution in [0.1, 0.15) is 0 Å². The highest BCUT2D eigenvalue weighted by molar-refractivity contribution is 6.05. The molecular formula is C4H5N3O. The summed E-state index contributed by atoms with van der Waals surface area (Å²) in [5, 5.41) is 0. The van der Waals surface area contributed by atoms with E-state index in [1.165, 1.54) is 12.6 Å². The second-order valence-corrected chi connectivity index (χ2v) is 1.41. The third kappa shape index (κ3) is 0.788. The van der Waals surface area contributed by atoms with E-state index in [1.54, 1.807) is 0 Å². The molecule has 4 heteroatoms. The molecule has 1 rings (SSSR count). The van der Waals surface area contributed by atoms with Crippen molar-refractivity contribution < 1.29 is 4.79 Å². The molecule has 2 N–H and O–H groups in total. The van der Waals surface area contributed by atoms with Crippen molar-refractivity contribution in [1.29, 1.82) is 0 Å². The Morgan fingerprint density at radius 1 is 1.75 bits per heavy atom. The first kappa shape index (κ1) is 5.11. The molecular weight excluding hydrogens is 106 g/mol. The highest BCUT2D eigenvalue weighted by atomic mass is 16.1. The van der Waals surface area contributed by atoms with Gasteiger partial charge in [-0.3, -0.25) is 4.79 Å². The van der Waals surface area contributed by atoms with E-state index in [1.807, 2.05) is 0 Å². The fourth-order valence-electron chi connectivity index (χ4n) is 0.371. The van der Waals surface area contributed by atoms with Crippen LogP contribution in [-0.4, -0.2) is 24.5 Å². The minimum Gasteiger partial charge on any atom is -0.315 e. The lowest BCUT2D eigenvalue weighted by atomic mass is 10.3. The van der Waals surface area contributed by atoms with Crippen LogP contribution in [0.15, 0.2) is 9.98 Å². The van der Waals surface area contributed by atoms with Crippen LogP contribution in [0, 0.1) is 0 Å². The van der Waals surface area contributed by atoms with Crippen molar-refractivity contribution in [2.45, 2.75) is 6.04 Å². The molecule has 1 unspecified atom stereocenters. The van der Waals surface area contributed by atoms with Crippen LogP contribution in [0.2, 0.25) is 0 Å². The van der Waals surface area contributed by atoms with Gasteiger partial charge in [0, 0.05) is 6.21 Å². The van der Waals surface area contributed by atoms with Gasteiger partial charge in [0.05, 0.1) is 0 Å². The molecule has 0 bridgehead atoms. The van der Waals surface area contributed by atoms with E-state index in [2.05, 4.69) is 9.98 Å². The van der Waals surface area contributed by atoms with E-state index in [0.717, 1.165) is 0 Å². The lowest BCUT2D eigenvalue weighted by molar-refractivity contribution is -0.117. The lowest BCUT2D eigenvalue weighted by Crippen LogP contribution is -2.32. The highest BCUT2D eigenvalue weighted by Gasteiger charge is 2.09. The Morgan fingerprint density at radius 2 is 2.50 bits per heavy atom. The molecule has 0 aromatic heterocycles. The molecule has 1 amide bonds. The Bertz CT molecular complexity index is 161. The molecule has 0 aromatic rings. The van der Waals surface area contributed by atoms with Crippen LogP contribution < -0.4 is 5.73 Å². The predicted octanol–water partition coefficient (Wildman–Crippen LogP) is -1.05. The normalized spacial score (nSPS) is 26.6. The number of nitrogens with two attached hydrogens (primary N) is 1. The molecule has 0 aromatic carbocycles. The van der Waals surface area contributed by atoms with E-state index in [-0.39, 0.29) is 5.91 Å². The third-order valence-electron chi connectivity index (χ3n) is 0.783. The topological polar surface area (TPSA) is 67.8 Å². The number of hydrogen-bond acceptors (Lipinski definition) is 3. The maximum absolute atomic E-state index is 10.4. The number of carbonyl (C=O) groups excluding carboxylic acids is 1. The molecule has 0 fully saturated rings. The van der Waals surface area contributed by atoms with E-state index < -0.39 is 6.04 Å². The monoisotopic (exact) mass is 111 g/mol. The number of aliphatic imine (C=N–C) groups is 2. The smallest absolute Gasteiger partial charge is 0.269 e. The van der Waals surface area contributed by atoms with Gasteiger partial charge >= 0.3 is 0 Å². The van der Waals surface area contributed by atoms with E-state index in [9.17, 15) is 4.79 Å². The van der Waals surface area contributed by atoms with Gasteiger partial charge in [-0.2, -0.15) is 4.99 Å². The van der Waals surface area contributed by atoms with Gasteiger partial charge in [0.25, 0.3) is 5.91 Å². The molecule has 0 aliphatic carbocycles. The molecule has 1 aliphatic rings. The van der Waals surface area contributed by atoms with Crippen molar-refractivity contribution in [3.05, 3.63) is 0 Å². The van der Waals surface area contributed by atoms with Gasteiger partial charge in [0.15, 0.2) is 0 Å². The van der Waals surface area contributed by atoms with Crippen molar-refractivity contribution in [3.63, 3.8) is 0 Å². The van der Waals surface area contributed by atoms with Gasteiger partial charge < -0.3 is 5.73 Å². The highest BCUT2D eigenvalue weighted by Crippen LogP contribution is 1.84. The summed E-state index contributed by atoms with van der Waals surface area (Å²) in [4.78, 5) is 17.2.